The second kappa shape index (κ2) is 5.64. The first-order chi connectivity index (χ1) is 9.58. The summed E-state index contributed by atoms with van der Waals surface area (Å²) in [5, 5.41) is 14.1. The van der Waals surface area contributed by atoms with Gasteiger partial charge in [-0.1, -0.05) is 12.8 Å². The van der Waals surface area contributed by atoms with Gasteiger partial charge in [-0.25, -0.2) is 0 Å². The van der Waals surface area contributed by atoms with Crippen LogP contribution in [-0.4, -0.2) is 47.2 Å². The fourth-order valence-corrected chi connectivity index (χ4v) is 4.39. The molecule has 0 radical (unpaired) electrons. The average Bonchev–Trinajstić information content (AvgIpc) is 2.45. The lowest BCUT2D eigenvalue weighted by molar-refractivity contribution is -0.148. The molecule has 1 aliphatic carbocycles. The second-order valence-electron chi connectivity index (χ2n) is 7.16. The van der Waals surface area contributed by atoms with Crippen LogP contribution >= 0.6 is 0 Å². The van der Waals surface area contributed by atoms with Gasteiger partial charge in [0, 0.05) is 31.0 Å². The van der Waals surface area contributed by atoms with Crippen LogP contribution in [0.25, 0.3) is 0 Å². The fourth-order valence-electron chi connectivity index (χ4n) is 4.39. The van der Waals surface area contributed by atoms with E-state index in [1.54, 1.807) is 0 Å². The van der Waals surface area contributed by atoms with Crippen molar-refractivity contribution in [1.82, 2.24) is 10.2 Å². The molecule has 2 saturated heterocycles. The highest BCUT2D eigenvalue weighted by molar-refractivity contribution is 5.79. The number of carbonyl (C=O) groups excluding carboxylic acids is 1. The quantitative estimate of drug-likeness (QED) is 0.766. The molecule has 2 aliphatic heterocycles. The third-order valence-corrected chi connectivity index (χ3v) is 5.71. The molecule has 0 spiro atoms. The molecule has 4 nitrogen and oxygen atoms in total. The van der Waals surface area contributed by atoms with Crippen molar-refractivity contribution in [2.75, 3.05) is 19.6 Å². The van der Waals surface area contributed by atoms with E-state index in [1.165, 1.54) is 6.42 Å². The summed E-state index contributed by atoms with van der Waals surface area (Å²) in [5.74, 6) is 0.847. The first kappa shape index (κ1) is 14.3. The molecule has 1 saturated carbocycles. The van der Waals surface area contributed by atoms with Crippen molar-refractivity contribution in [3.05, 3.63) is 0 Å². The van der Waals surface area contributed by atoms with Crippen molar-refractivity contribution in [3.63, 3.8) is 0 Å². The highest BCUT2D eigenvalue weighted by atomic mass is 16.3. The number of hydrogen-bond donors (Lipinski definition) is 2. The molecule has 4 atom stereocenters. The van der Waals surface area contributed by atoms with Crippen LogP contribution in [0.15, 0.2) is 0 Å². The number of piperidine rings is 2. The molecular formula is C16H28N2O2. The zero-order valence-corrected chi connectivity index (χ0v) is 12.6. The normalized spacial score (nSPS) is 42.1. The Morgan fingerprint density at radius 1 is 1.30 bits per heavy atom. The van der Waals surface area contributed by atoms with Crippen molar-refractivity contribution in [3.8, 4) is 0 Å². The van der Waals surface area contributed by atoms with Crippen LogP contribution in [0, 0.1) is 11.8 Å². The Balaban J connectivity index is 1.62. The van der Waals surface area contributed by atoms with Gasteiger partial charge in [0.05, 0.1) is 5.60 Å². The predicted molar refractivity (Wildman–Crippen MR) is 78.3 cm³/mol. The lowest BCUT2D eigenvalue weighted by atomic mass is 9.71. The minimum Gasteiger partial charge on any atom is -0.389 e. The highest BCUT2D eigenvalue weighted by Crippen LogP contribution is 2.40. The molecule has 2 N–H and O–H groups in total. The van der Waals surface area contributed by atoms with Gasteiger partial charge in [0.15, 0.2) is 0 Å². The number of nitrogens with one attached hydrogen (secondary N) is 1. The fraction of sp³-hybridized carbons (Fsp3) is 0.938. The van der Waals surface area contributed by atoms with Gasteiger partial charge in [-0.05, 0) is 45.6 Å². The zero-order valence-electron chi connectivity index (χ0n) is 12.6. The van der Waals surface area contributed by atoms with Crippen LogP contribution in [0.2, 0.25) is 0 Å². The van der Waals surface area contributed by atoms with Crippen LogP contribution in [0.5, 0.6) is 0 Å². The average molecular weight is 280 g/mol. The number of rotatable bonds is 1. The lowest BCUT2D eigenvalue weighted by Crippen LogP contribution is -2.56. The summed E-state index contributed by atoms with van der Waals surface area (Å²) in [6.45, 7) is 4.66. The van der Waals surface area contributed by atoms with Gasteiger partial charge in [-0.3, -0.25) is 4.79 Å². The lowest BCUT2D eigenvalue weighted by Gasteiger charge is -2.48. The van der Waals surface area contributed by atoms with Gasteiger partial charge in [-0.15, -0.1) is 0 Å². The topological polar surface area (TPSA) is 52.6 Å². The standard InChI is InChI=1S/C16H28N2O2/c1-12-10-13(5-8-17-12)15(19)18-9-7-16(20)6-3-2-4-14(16)11-18/h12-14,17,20H,2-11H2,1H3. The maximum Gasteiger partial charge on any atom is 0.225 e. The van der Waals surface area contributed by atoms with Gasteiger partial charge >= 0.3 is 0 Å². The molecule has 4 unspecified atom stereocenters. The summed E-state index contributed by atoms with van der Waals surface area (Å²) in [7, 11) is 0. The number of amides is 1. The van der Waals surface area contributed by atoms with E-state index in [2.05, 4.69) is 12.2 Å². The molecule has 3 aliphatic rings. The molecule has 4 heteroatoms. The molecule has 0 aromatic rings. The van der Waals surface area contributed by atoms with Crippen molar-refractivity contribution in [2.45, 2.75) is 63.5 Å². The Kier molecular flexibility index (Phi) is 4.04. The molecule has 0 bridgehead atoms. The number of hydrogen-bond acceptors (Lipinski definition) is 3. The van der Waals surface area contributed by atoms with E-state index >= 15 is 0 Å². The van der Waals surface area contributed by atoms with Crippen LogP contribution in [-0.2, 0) is 4.79 Å². The van der Waals surface area contributed by atoms with Crippen LogP contribution in [0.4, 0.5) is 0 Å². The third-order valence-electron chi connectivity index (χ3n) is 5.71. The second-order valence-corrected chi connectivity index (χ2v) is 7.16. The molecule has 20 heavy (non-hydrogen) atoms. The van der Waals surface area contributed by atoms with Crippen LogP contribution in [0.3, 0.4) is 0 Å². The summed E-state index contributed by atoms with van der Waals surface area (Å²) < 4.78 is 0. The van der Waals surface area contributed by atoms with Gasteiger partial charge < -0.3 is 15.3 Å². The van der Waals surface area contributed by atoms with E-state index in [9.17, 15) is 9.90 Å². The van der Waals surface area contributed by atoms with E-state index in [4.69, 9.17) is 0 Å². The Hall–Kier alpha value is -0.610. The van der Waals surface area contributed by atoms with E-state index < -0.39 is 5.60 Å². The maximum atomic E-state index is 12.7. The van der Waals surface area contributed by atoms with Crippen LogP contribution in [0.1, 0.15) is 51.9 Å². The summed E-state index contributed by atoms with van der Waals surface area (Å²) in [5.41, 5.74) is -0.476. The van der Waals surface area contributed by atoms with Crippen molar-refractivity contribution < 1.29 is 9.90 Å². The zero-order chi connectivity index (χ0) is 14.2. The monoisotopic (exact) mass is 280 g/mol. The number of fused-ring (bicyclic) bond motifs is 1. The largest absolute Gasteiger partial charge is 0.389 e. The molecule has 0 aromatic heterocycles. The smallest absolute Gasteiger partial charge is 0.225 e. The van der Waals surface area contributed by atoms with Crippen molar-refractivity contribution >= 4 is 5.91 Å². The predicted octanol–water partition coefficient (Wildman–Crippen LogP) is 1.53. The van der Waals surface area contributed by atoms with E-state index in [0.717, 1.165) is 58.2 Å². The molecular weight excluding hydrogens is 252 g/mol. The van der Waals surface area contributed by atoms with Gasteiger partial charge in [0.2, 0.25) is 5.91 Å². The number of carbonyl (C=O) groups is 1. The third kappa shape index (κ3) is 2.73. The molecule has 1 amide bonds. The Morgan fingerprint density at radius 3 is 2.95 bits per heavy atom. The van der Waals surface area contributed by atoms with E-state index in [1.807, 2.05) is 4.90 Å². The minimum atomic E-state index is -0.476. The number of aliphatic hydroxyl groups is 1. The number of likely N-dealkylation sites (tertiary alicyclic amines) is 1. The molecule has 3 rings (SSSR count). The Morgan fingerprint density at radius 2 is 2.15 bits per heavy atom. The van der Waals surface area contributed by atoms with Gasteiger partial charge in [-0.2, -0.15) is 0 Å². The van der Waals surface area contributed by atoms with E-state index in [0.29, 0.717) is 17.9 Å². The molecule has 2 heterocycles. The Bertz CT molecular complexity index is 373. The van der Waals surface area contributed by atoms with Crippen molar-refractivity contribution in [1.29, 1.82) is 0 Å². The first-order valence-corrected chi connectivity index (χ1v) is 8.33. The molecule has 3 fully saturated rings. The maximum absolute atomic E-state index is 12.7. The van der Waals surface area contributed by atoms with Crippen molar-refractivity contribution in [2.24, 2.45) is 11.8 Å². The van der Waals surface area contributed by atoms with E-state index in [-0.39, 0.29) is 5.92 Å². The number of nitrogens with zero attached hydrogens (tertiary/aromatic N) is 1. The minimum absolute atomic E-state index is 0.195. The molecule has 0 aromatic carbocycles. The van der Waals surface area contributed by atoms with Gasteiger partial charge in [0.25, 0.3) is 0 Å². The summed E-state index contributed by atoms with van der Waals surface area (Å²) in [6, 6.07) is 0.453. The SMILES string of the molecule is CC1CC(C(=O)N2CCC3(O)CCCCC3C2)CCN1. The first-order valence-electron chi connectivity index (χ1n) is 8.33. The Labute approximate surface area is 121 Å². The highest BCUT2D eigenvalue weighted by Gasteiger charge is 2.44. The molecule has 114 valence electrons. The van der Waals surface area contributed by atoms with Gasteiger partial charge in [0.1, 0.15) is 0 Å². The summed E-state index contributed by atoms with van der Waals surface area (Å²) >= 11 is 0. The summed E-state index contributed by atoms with van der Waals surface area (Å²) in [6.07, 6.45) is 7.09. The summed E-state index contributed by atoms with van der Waals surface area (Å²) in [4.78, 5) is 14.7. The van der Waals surface area contributed by atoms with Crippen LogP contribution < -0.4 is 5.32 Å².